The van der Waals surface area contributed by atoms with E-state index in [2.05, 4.69) is 200 Å². The third-order valence-electron chi connectivity index (χ3n) is 12.3. The summed E-state index contributed by atoms with van der Waals surface area (Å²) in [7, 11) is 0. The summed E-state index contributed by atoms with van der Waals surface area (Å²) in [5.41, 5.74) is 16.5. The lowest BCUT2D eigenvalue weighted by molar-refractivity contribution is 0.795. The van der Waals surface area contributed by atoms with E-state index in [1.54, 1.807) is 0 Å². The van der Waals surface area contributed by atoms with Gasteiger partial charge >= 0.3 is 0 Å². The molecule has 0 amide bonds. The molecule has 0 bridgehead atoms. The summed E-state index contributed by atoms with van der Waals surface area (Å²) in [6.07, 6.45) is 0. The molecule has 1 heteroatoms. The summed E-state index contributed by atoms with van der Waals surface area (Å²) in [6, 6.07) is 73.8. The zero-order chi connectivity index (χ0) is 36.1. The first-order chi connectivity index (χ1) is 27.3. The van der Waals surface area contributed by atoms with Crippen LogP contribution in [0.15, 0.2) is 200 Å². The van der Waals surface area contributed by atoms with E-state index >= 15 is 0 Å². The Kier molecular flexibility index (Phi) is 6.33. The number of aromatic nitrogens is 1. The second-order valence-electron chi connectivity index (χ2n) is 15.0. The first kappa shape index (κ1) is 30.4. The van der Waals surface area contributed by atoms with E-state index in [1.165, 1.54) is 82.4 Å². The first-order valence-electron chi connectivity index (χ1n) is 19.1. The zero-order valence-corrected chi connectivity index (χ0v) is 30.0. The number of nitrogens with zero attached hydrogens (tertiary/aromatic N) is 1. The number of hydrogen-bond acceptors (Lipinski definition) is 1. The Balaban J connectivity index is 1.19. The van der Waals surface area contributed by atoms with E-state index in [1.807, 2.05) is 0 Å². The van der Waals surface area contributed by atoms with Crippen LogP contribution in [0.2, 0.25) is 0 Å². The van der Waals surface area contributed by atoms with Crippen molar-refractivity contribution in [1.29, 1.82) is 0 Å². The van der Waals surface area contributed by atoms with Gasteiger partial charge in [-0.2, -0.15) is 0 Å². The van der Waals surface area contributed by atoms with Crippen LogP contribution in [0.5, 0.6) is 0 Å². The molecule has 0 saturated heterocycles. The van der Waals surface area contributed by atoms with Gasteiger partial charge in [-0.25, -0.2) is 4.98 Å². The Morgan fingerprint density at radius 3 is 1.45 bits per heavy atom. The molecule has 0 aliphatic heterocycles. The fourth-order valence-electron chi connectivity index (χ4n) is 10.0. The molecule has 9 aromatic carbocycles. The van der Waals surface area contributed by atoms with Crippen molar-refractivity contribution >= 4 is 32.3 Å². The molecule has 0 fully saturated rings. The minimum atomic E-state index is -0.492. The van der Waals surface area contributed by atoms with Gasteiger partial charge in [0.05, 0.1) is 16.8 Å². The van der Waals surface area contributed by atoms with Gasteiger partial charge in [0.1, 0.15) is 0 Å². The lowest BCUT2D eigenvalue weighted by Crippen LogP contribution is -2.25. The highest BCUT2D eigenvalue weighted by Gasteiger charge is 2.52. The molecule has 55 heavy (non-hydrogen) atoms. The van der Waals surface area contributed by atoms with Crippen molar-refractivity contribution in [3.05, 3.63) is 222 Å². The van der Waals surface area contributed by atoms with Gasteiger partial charge < -0.3 is 0 Å². The van der Waals surface area contributed by atoms with Crippen molar-refractivity contribution in [2.75, 3.05) is 0 Å². The second-order valence-corrected chi connectivity index (χ2v) is 15.0. The summed E-state index contributed by atoms with van der Waals surface area (Å²) < 4.78 is 0. The Morgan fingerprint density at radius 1 is 0.273 bits per heavy atom. The average Bonchev–Trinajstić information content (AvgIpc) is 3.73. The predicted molar refractivity (Wildman–Crippen MR) is 229 cm³/mol. The normalized spacial score (nSPS) is 15.0. The number of fused-ring (bicyclic) bond motifs is 16. The molecule has 0 N–H and O–H groups in total. The van der Waals surface area contributed by atoms with Crippen LogP contribution < -0.4 is 0 Å². The molecule has 0 radical (unpaired) electrons. The molecule has 254 valence electrons. The van der Waals surface area contributed by atoms with Gasteiger partial charge in [0.25, 0.3) is 0 Å². The van der Waals surface area contributed by atoms with E-state index in [-0.39, 0.29) is 0 Å². The Bertz CT molecular complexity index is 3140. The molecule has 10 aromatic rings. The standard InChI is InChI=1S/C54H33N/c1-3-16-34(17-4-1)36-30-51(35-18-5-2-6-19-35)55-52(31-36)43-26-15-29-49-53(43)42-25-12-14-28-48(42)54(49)47-27-13-11-24-41(47)46-32-44-39-22-9-7-20-37(39)38-21-8-10-23-40(38)45(44)33-50(46)54/h1-33H. The van der Waals surface area contributed by atoms with Crippen LogP contribution in [0, 0.1) is 0 Å². The molecule has 1 spiro atoms. The molecule has 12 rings (SSSR count). The van der Waals surface area contributed by atoms with Gasteiger partial charge in [0, 0.05) is 11.1 Å². The zero-order valence-electron chi connectivity index (χ0n) is 30.0. The second kappa shape index (κ2) is 11.5. The van der Waals surface area contributed by atoms with Gasteiger partial charge in [-0.1, -0.05) is 176 Å². The van der Waals surface area contributed by atoms with Crippen molar-refractivity contribution in [3.8, 4) is 55.9 Å². The molecule has 2 aliphatic carbocycles. The fourth-order valence-corrected chi connectivity index (χ4v) is 10.0. The summed E-state index contributed by atoms with van der Waals surface area (Å²) in [6.45, 7) is 0. The van der Waals surface area contributed by atoms with E-state index in [4.69, 9.17) is 4.98 Å². The van der Waals surface area contributed by atoms with Crippen molar-refractivity contribution in [1.82, 2.24) is 4.98 Å². The highest BCUT2D eigenvalue weighted by atomic mass is 14.7. The number of rotatable bonds is 3. The maximum atomic E-state index is 5.46. The van der Waals surface area contributed by atoms with Crippen molar-refractivity contribution in [2.45, 2.75) is 5.41 Å². The SMILES string of the molecule is c1ccc(-c2cc(-c3ccccc3)nc(-c3cccc4c3-c3ccccc3C43c4ccccc4-c4cc5c6ccccc6c6ccccc6c5cc43)c2)cc1. The Hall–Kier alpha value is -7.09. The van der Waals surface area contributed by atoms with Gasteiger partial charge in [-0.15, -0.1) is 0 Å². The van der Waals surface area contributed by atoms with E-state index < -0.39 is 5.41 Å². The van der Waals surface area contributed by atoms with E-state index in [0.717, 1.165) is 28.1 Å². The molecular formula is C54H33N. The summed E-state index contributed by atoms with van der Waals surface area (Å²) >= 11 is 0. The van der Waals surface area contributed by atoms with Gasteiger partial charge in [-0.05, 0) is 112 Å². The van der Waals surface area contributed by atoms with E-state index in [0.29, 0.717) is 0 Å². The minimum Gasteiger partial charge on any atom is -0.248 e. The van der Waals surface area contributed by atoms with Crippen LogP contribution in [0.1, 0.15) is 22.3 Å². The van der Waals surface area contributed by atoms with Crippen LogP contribution in [-0.2, 0) is 5.41 Å². The van der Waals surface area contributed by atoms with Crippen LogP contribution in [0.4, 0.5) is 0 Å². The number of hydrogen-bond donors (Lipinski definition) is 0. The average molecular weight is 696 g/mol. The highest BCUT2D eigenvalue weighted by Crippen LogP contribution is 2.64. The molecule has 0 saturated carbocycles. The van der Waals surface area contributed by atoms with Gasteiger partial charge in [-0.3, -0.25) is 0 Å². The molecule has 1 unspecified atom stereocenters. The molecule has 1 nitrogen and oxygen atoms in total. The van der Waals surface area contributed by atoms with Crippen LogP contribution in [-0.4, -0.2) is 4.98 Å². The smallest absolute Gasteiger partial charge is 0.0725 e. The van der Waals surface area contributed by atoms with E-state index in [9.17, 15) is 0 Å². The van der Waals surface area contributed by atoms with Crippen LogP contribution in [0.25, 0.3) is 88.2 Å². The number of pyridine rings is 1. The Labute approximate surface area is 319 Å². The minimum absolute atomic E-state index is 0.492. The molecule has 2 aliphatic rings. The maximum absolute atomic E-state index is 5.46. The summed E-state index contributed by atoms with van der Waals surface area (Å²) in [5, 5.41) is 7.78. The molecule has 1 heterocycles. The van der Waals surface area contributed by atoms with Crippen molar-refractivity contribution < 1.29 is 0 Å². The molecule has 1 atom stereocenters. The fraction of sp³-hybridized carbons (Fsp3) is 0.0185. The van der Waals surface area contributed by atoms with Crippen molar-refractivity contribution in [3.63, 3.8) is 0 Å². The van der Waals surface area contributed by atoms with Crippen LogP contribution >= 0.6 is 0 Å². The molecule has 1 aromatic heterocycles. The molecular weight excluding hydrogens is 663 g/mol. The van der Waals surface area contributed by atoms with Gasteiger partial charge in [0.15, 0.2) is 0 Å². The lowest BCUT2D eigenvalue weighted by Gasteiger charge is -2.31. The summed E-state index contributed by atoms with van der Waals surface area (Å²) in [5.74, 6) is 0. The quantitative estimate of drug-likeness (QED) is 0.168. The summed E-state index contributed by atoms with van der Waals surface area (Å²) in [4.78, 5) is 5.46. The maximum Gasteiger partial charge on any atom is 0.0725 e. The topological polar surface area (TPSA) is 12.9 Å². The lowest BCUT2D eigenvalue weighted by atomic mass is 9.70. The first-order valence-corrected chi connectivity index (χ1v) is 19.1. The van der Waals surface area contributed by atoms with Gasteiger partial charge in [0.2, 0.25) is 0 Å². The third-order valence-corrected chi connectivity index (χ3v) is 12.3. The van der Waals surface area contributed by atoms with Crippen molar-refractivity contribution in [2.24, 2.45) is 0 Å². The number of benzene rings is 9. The largest absolute Gasteiger partial charge is 0.248 e. The highest BCUT2D eigenvalue weighted by molar-refractivity contribution is 6.26. The van der Waals surface area contributed by atoms with Crippen LogP contribution in [0.3, 0.4) is 0 Å². The third kappa shape index (κ3) is 4.15. The monoisotopic (exact) mass is 695 g/mol. The Morgan fingerprint density at radius 2 is 0.764 bits per heavy atom. The predicted octanol–water partition coefficient (Wildman–Crippen LogP) is 13.9.